The molecule has 1 aliphatic rings. The van der Waals surface area contributed by atoms with Crippen molar-refractivity contribution < 1.29 is 4.74 Å². The summed E-state index contributed by atoms with van der Waals surface area (Å²) in [5.74, 6) is 0. The van der Waals surface area contributed by atoms with Gasteiger partial charge < -0.3 is 10.1 Å². The summed E-state index contributed by atoms with van der Waals surface area (Å²) in [4.78, 5) is 1.36. The standard InChI is InChI=1S/C15H23NOS/c1-12(9-10-17-2)18-15-7-3-13(4-8-15)11-16-14-5-6-14/h3-4,7-8,12,14,16H,5-6,9-11H2,1-2H3. The molecule has 1 saturated carbocycles. The van der Waals surface area contributed by atoms with E-state index in [2.05, 4.69) is 36.5 Å². The van der Waals surface area contributed by atoms with E-state index < -0.39 is 0 Å². The highest BCUT2D eigenvalue weighted by Gasteiger charge is 2.19. The van der Waals surface area contributed by atoms with Gasteiger partial charge in [0.15, 0.2) is 0 Å². The minimum atomic E-state index is 0.611. The molecule has 2 rings (SSSR count). The first kappa shape index (κ1) is 13.9. The molecule has 0 saturated heterocycles. The van der Waals surface area contributed by atoms with Crippen molar-refractivity contribution in [1.29, 1.82) is 0 Å². The predicted molar refractivity (Wildman–Crippen MR) is 78.1 cm³/mol. The number of benzene rings is 1. The Morgan fingerprint density at radius 2 is 2.06 bits per heavy atom. The van der Waals surface area contributed by atoms with Gasteiger partial charge in [-0.1, -0.05) is 19.1 Å². The van der Waals surface area contributed by atoms with E-state index in [1.165, 1.54) is 23.3 Å². The number of hydrogen-bond donors (Lipinski definition) is 1. The fraction of sp³-hybridized carbons (Fsp3) is 0.600. The maximum absolute atomic E-state index is 5.11. The monoisotopic (exact) mass is 265 g/mol. The summed E-state index contributed by atoms with van der Waals surface area (Å²) in [7, 11) is 1.76. The van der Waals surface area contributed by atoms with Gasteiger partial charge in [0.25, 0.3) is 0 Å². The van der Waals surface area contributed by atoms with E-state index >= 15 is 0 Å². The molecule has 0 spiro atoms. The minimum Gasteiger partial charge on any atom is -0.385 e. The second-order valence-electron chi connectivity index (χ2n) is 5.01. The molecule has 0 aliphatic heterocycles. The number of rotatable bonds is 8. The zero-order chi connectivity index (χ0) is 12.8. The van der Waals surface area contributed by atoms with Crippen LogP contribution in [0.5, 0.6) is 0 Å². The number of nitrogens with one attached hydrogen (secondary N) is 1. The van der Waals surface area contributed by atoms with Gasteiger partial charge in [0.1, 0.15) is 0 Å². The van der Waals surface area contributed by atoms with Gasteiger partial charge in [-0.3, -0.25) is 0 Å². The third-order valence-corrected chi connectivity index (χ3v) is 4.34. The quantitative estimate of drug-likeness (QED) is 0.727. The van der Waals surface area contributed by atoms with Gasteiger partial charge in [-0.2, -0.15) is 0 Å². The van der Waals surface area contributed by atoms with Gasteiger partial charge in [0.2, 0.25) is 0 Å². The molecule has 0 heterocycles. The Balaban J connectivity index is 1.75. The van der Waals surface area contributed by atoms with E-state index in [0.717, 1.165) is 25.6 Å². The van der Waals surface area contributed by atoms with Crippen LogP contribution in [0.25, 0.3) is 0 Å². The summed E-state index contributed by atoms with van der Waals surface area (Å²) in [6.45, 7) is 4.11. The zero-order valence-corrected chi connectivity index (χ0v) is 12.1. The fourth-order valence-electron chi connectivity index (χ4n) is 1.81. The number of thioether (sulfide) groups is 1. The van der Waals surface area contributed by atoms with E-state index in [1.807, 2.05) is 11.8 Å². The van der Waals surface area contributed by atoms with Crippen molar-refractivity contribution in [2.75, 3.05) is 13.7 Å². The van der Waals surface area contributed by atoms with Crippen molar-refractivity contribution in [3.8, 4) is 0 Å². The van der Waals surface area contributed by atoms with E-state index in [9.17, 15) is 0 Å². The van der Waals surface area contributed by atoms with Gasteiger partial charge >= 0.3 is 0 Å². The first-order valence-electron chi connectivity index (χ1n) is 6.76. The van der Waals surface area contributed by atoms with Crippen LogP contribution in [0.4, 0.5) is 0 Å². The van der Waals surface area contributed by atoms with Crippen LogP contribution in [0.15, 0.2) is 29.2 Å². The summed E-state index contributed by atoms with van der Waals surface area (Å²) in [6, 6.07) is 9.73. The molecule has 18 heavy (non-hydrogen) atoms. The summed E-state index contributed by atoms with van der Waals surface area (Å²) >= 11 is 1.93. The molecule has 0 radical (unpaired) electrons. The molecular formula is C15H23NOS. The average molecular weight is 265 g/mol. The number of ether oxygens (including phenoxy) is 1. The van der Waals surface area contributed by atoms with Crippen LogP contribution in [0, 0.1) is 0 Å². The molecule has 1 aliphatic carbocycles. The molecule has 1 aromatic carbocycles. The normalized spacial score (nSPS) is 16.8. The Labute approximate surface area is 114 Å². The number of hydrogen-bond acceptors (Lipinski definition) is 3. The molecule has 1 unspecified atom stereocenters. The Morgan fingerprint density at radius 3 is 2.67 bits per heavy atom. The lowest BCUT2D eigenvalue weighted by atomic mass is 10.2. The van der Waals surface area contributed by atoms with Crippen LogP contribution < -0.4 is 5.32 Å². The zero-order valence-electron chi connectivity index (χ0n) is 11.3. The molecule has 0 aromatic heterocycles. The van der Waals surface area contributed by atoms with Gasteiger partial charge in [-0.25, -0.2) is 0 Å². The average Bonchev–Trinajstić information content (AvgIpc) is 3.20. The van der Waals surface area contributed by atoms with Gasteiger partial charge in [0, 0.05) is 36.4 Å². The minimum absolute atomic E-state index is 0.611. The molecule has 3 heteroatoms. The van der Waals surface area contributed by atoms with Crippen molar-refractivity contribution in [2.24, 2.45) is 0 Å². The molecule has 100 valence electrons. The lowest BCUT2D eigenvalue weighted by molar-refractivity contribution is 0.195. The molecule has 0 bridgehead atoms. The molecule has 0 amide bonds. The van der Waals surface area contributed by atoms with Crippen molar-refractivity contribution in [3.05, 3.63) is 29.8 Å². The Morgan fingerprint density at radius 1 is 1.33 bits per heavy atom. The molecular weight excluding hydrogens is 242 g/mol. The van der Waals surface area contributed by atoms with E-state index in [4.69, 9.17) is 4.74 Å². The topological polar surface area (TPSA) is 21.3 Å². The van der Waals surface area contributed by atoms with Crippen LogP contribution in [-0.4, -0.2) is 25.0 Å². The maximum atomic E-state index is 5.11. The van der Waals surface area contributed by atoms with Crippen LogP contribution in [0.1, 0.15) is 31.7 Å². The highest BCUT2D eigenvalue weighted by molar-refractivity contribution is 7.99. The highest BCUT2D eigenvalue weighted by atomic mass is 32.2. The van der Waals surface area contributed by atoms with Crippen molar-refractivity contribution in [1.82, 2.24) is 5.32 Å². The Bertz CT molecular complexity index is 348. The summed E-state index contributed by atoms with van der Waals surface area (Å²) < 4.78 is 5.11. The van der Waals surface area contributed by atoms with Crippen LogP contribution in [-0.2, 0) is 11.3 Å². The molecule has 2 nitrogen and oxygen atoms in total. The second-order valence-corrected chi connectivity index (χ2v) is 6.52. The molecule has 1 aromatic rings. The van der Waals surface area contributed by atoms with Crippen molar-refractivity contribution >= 4 is 11.8 Å². The first-order valence-corrected chi connectivity index (χ1v) is 7.64. The Kier molecular flexibility index (Phi) is 5.54. The van der Waals surface area contributed by atoms with E-state index in [1.54, 1.807) is 7.11 Å². The van der Waals surface area contributed by atoms with Crippen LogP contribution >= 0.6 is 11.8 Å². The number of methoxy groups -OCH3 is 1. The summed E-state index contributed by atoms with van der Waals surface area (Å²) in [5.41, 5.74) is 1.38. The first-order chi connectivity index (χ1) is 8.78. The van der Waals surface area contributed by atoms with Crippen molar-refractivity contribution in [2.45, 2.75) is 48.9 Å². The second kappa shape index (κ2) is 7.17. The van der Waals surface area contributed by atoms with Gasteiger partial charge in [0.05, 0.1) is 0 Å². The molecule has 1 N–H and O–H groups in total. The van der Waals surface area contributed by atoms with Crippen LogP contribution in [0.2, 0.25) is 0 Å². The maximum Gasteiger partial charge on any atom is 0.0472 e. The third kappa shape index (κ3) is 5.01. The summed E-state index contributed by atoms with van der Waals surface area (Å²) in [6.07, 6.45) is 3.81. The van der Waals surface area contributed by atoms with Gasteiger partial charge in [-0.15, -0.1) is 11.8 Å². The highest BCUT2D eigenvalue weighted by Crippen LogP contribution is 2.25. The summed E-state index contributed by atoms with van der Waals surface area (Å²) in [5, 5.41) is 4.15. The molecule has 1 atom stereocenters. The van der Waals surface area contributed by atoms with Gasteiger partial charge in [-0.05, 0) is 37.0 Å². The lowest BCUT2D eigenvalue weighted by Crippen LogP contribution is -2.15. The predicted octanol–water partition coefficient (Wildman–Crippen LogP) is 3.46. The van der Waals surface area contributed by atoms with E-state index in [0.29, 0.717) is 5.25 Å². The van der Waals surface area contributed by atoms with E-state index in [-0.39, 0.29) is 0 Å². The smallest absolute Gasteiger partial charge is 0.0472 e. The fourth-order valence-corrected chi connectivity index (χ4v) is 2.78. The van der Waals surface area contributed by atoms with Crippen LogP contribution in [0.3, 0.4) is 0 Å². The Hall–Kier alpha value is -0.510. The third-order valence-electron chi connectivity index (χ3n) is 3.16. The largest absolute Gasteiger partial charge is 0.385 e. The SMILES string of the molecule is COCCC(C)Sc1ccc(CNC2CC2)cc1. The van der Waals surface area contributed by atoms with Crippen molar-refractivity contribution in [3.63, 3.8) is 0 Å². The molecule has 1 fully saturated rings. The lowest BCUT2D eigenvalue weighted by Gasteiger charge is -2.11.